The van der Waals surface area contributed by atoms with Crippen LogP contribution in [0.5, 0.6) is 0 Å². The molecule has 0 aromatic heterocycles. The van der Waals surface area contributed by atoms with Gasteiger partial charge < -0.3 is 14.8 Å². The molecule has 0 unspecified atom stereocenters. The van der Waals surface area contributed by atoms with Crippen molar-refractivity contribution in [1.29, 1.82) is 0 Å². The fourth-order valence-electron chi connectivity index (χ4n) is 2.22. The van der Waals surface area contributed by atoms with Crippen molar-refractivity contribution < 1.29 is 14.3 Å². The fourth-order valence-corrected chi connectivity index (χ4v) is 2.47. The van der Waals surface area contributed by atoms with Gasteiger partial charge in [-0.15, -0.1) is 0 Å². The highest BCUT2D eigenvalue weighted by molar-refractivity contribution is 6.31. The van der Waals surface area contributed by atoms with Gasteiger partial charge in [0.2, 0.25) is 0 Å². The summed E-state index contributed by atoms with van der Waals surface area (Å²) < 4.78 is 10.7. The lowest BCUT2D eigenvalue weighted by Gasteiger charge is -2.28. The van der Waals surface area contributed by atoms with E-state index in [2.05, 4.69) is 5.32 Å². The molecule has 1 amide bonds. The molecule has 5 heteroatoms. The van der Waals surface area contributed by atoms with E-state index in [9.17, 15) is 4.79 Å². The molecule has 2 atom stereocenters. The lowest BCUT2D eigenvalue weighted by Crippen LogP contribution is -2.45. The average Bonchev–Trinajstić information content (AvgIpc) is 2.46. The topological polar surface area (TPSA) is 47.6 Å². The van der Waals surface area contributed by atoms with E-state index in [4.69, 9.17) is 21.1 Å². The second kappa shape index (κ2) is 7.07. The van der Waals surface area contributed by atoms with E-state index in [1.165, 1.54) is 0 Å². The normalized spacial score (nSPS) is 20.7. The van der Waals surface area contributed by atoms with Gasteiger partial charge >= 0.3 is 0 Å². The summed E-state index contributed by atoms with van der Waals surface area (Å²) in [6.45, 7) is 5.40. The maximum Gasteiger partial charge on any atom is 0.252 e. The molecule has 4 nitrogen and oxygen atoms in total. The zero-order valence-corrected chi connectivity index (χ0v) is 12.5. The van der Waals surface area contributed by atoms with E-state index in [-0.39, 0.29) is 17.9 Å². The van der Waals surface area contributed by atoms with Crippen LogP contribution in [0, 0.1) is 5.92 Å². The number of benzene rings is 1. The predicted molar refractivity (Wildman–Crippen MR) is 77.7 cm³/mol. The number of hydrogen-bond donors (Lipinski definition) is 1. The summed E-state index contributed by atoms with van der Waals surface area (Å²) in [5, 5.41) is 3.67. The summed E-state index contributed by atoms with van der Waals surface area (Å²) in [5.41, 5.74) is 0.925. The van der Waals surface area contributed by atoms with Crippen LogP contribution in [0.2, 0.25) is 5.02 Å². The lowest BCUT2D eigenvalue weighted by atomic mass is 9.95. The molecule has 1 aromatic carbocycles. The van der Waals surface area contributed by atoms with Crippen LogP contribution in [-0.4, -0.2) is 31.8 Å². The van der Waals surface area contributed by atoms with Crippen molar-refractivity contribution in [1.82, 2.24) is 5.32 Å². The van der Waals surface area contributed by atoms with Gasteiger partial charge in [0.25, 0.3) is 5.91 Å². The van der Waals surface area contributed by atoms with Crippen molar-refractivity contribution in [2.24, 2.45) is 5.92 Å². The molecule has 1 aromatic rings. The summed E-state index contributed by atoms with van der Waals surface area (Å²) in [7, 11) is 0. The molecule has 1 aliphatic rings. The van der Waals surface area contributed by atoms with Crippen LogP contribution in [0.1, 0.15) is 25.5 Å². The Balaban J connectivity index is 2.10. The van der Waals surface area contributed by atoms with Crippen LogP contribution in [0.3, 0.4) is 0 Å². The quantitative estimate of drug-likeness (QED) is 0.929. The highest BCUT2D eigenvalue weighted by Gasteiger charge is 2.27. The number of amides is 1. The molecule has 1 aliphatic heterocycles. The molecule has 110 valence electrons. The van der Waals surface area contributed by atoms with Gasteiger partial charge in [0.05, 0.1) is 25.9 Å². The second-order valence-corrected chi connectivity index (χ2v) is 5.59. The maximum atomic E-state index is 12.2. The van der Waals surface area contributed by atoms with E-state index in [0.29, 0.717) is 24.8 Å². The summed E-state index contributed by atoms with van der Waals surface area (Å²) in [6.07, 6.45) is -0.535. The van der Waals surface area contributed by atoms with Gasteiger partial charge in [0.15, 0.2) is 6.10 Å². The van der Waals surface area contributed by atoms with Crippen molar-refractivity contribution in [2.45, 2.75) is 26.0 Å². The molecule has 20 heavy (non-hydrogen) atoms. The van der Waals surface area contributed by atoms with E-state index >= 15 is 0 Å². The first kappa shape index (κ1) is 15.3. The molecular formula is C15H20ClNO3. The molecule has 1 N–H and O–H groups in total. The summed E-state index contributed by atoms with van der Waals surface area (Å²) in [6, 6.07) is 7.43. The molecule has 1 saturated heterocycles. The summed E-state index contributed by atoms with van der Waals surface area (Å²) in [5.74, 6) is 0.0756. The van der Waals surface area contributed by atoms with E-state index in [1.807, 2.05) is 38.1 Å². The number of carbonyl (C=O) groups is 1. The predicted octanol–water partition coefficient (Wildman–Crippen LogP) is 2.57. The minimum absolute atomic E-state index is 0.137. The van der Waals surface area contributed by atoms with Crippen LogP contribution in [0.4, 0.5) is 0 Å². The Hall–Kier alpha value is -1.10. The Morgan fingerprint density at radius 2 is 2.10 bits per heavy atom. The lowest BCUT2D eigenvalue weighted by molar-refractivity contribution is -0.148. The molecule has 0 bridgehead atoms. The van der Waals surface area contributed by atoms with Crippen molar-refractivity contribution >= 4 is 17.5 Å². The Morgan fingerprint density at radius 1 is 1.35 bits per heavy atom. The minimum atomic E-state index is -0.535. The Bertz CT molecular complexity index is 458. The van der Waals surface area contributed by atoms with Crippen LogP contribution in [0.15, 0.2) is 24.3 Å². The number of halogens is 1. The number of carbonyl (C=O) groups excluding carboxylic acids is 1. The average molecular weight is 298 g/mol. The van der Waals surface area contributed by atoms with Crippen LogP contribution < -0.4 is 5.32 Å². The van der Waals surface area contributed by atoms with Crippen LogP contribution in [-0.2, 0) is 14.3 Å². The third-order valence-electron chi connectivity index (χ3n) is 3.31. The molecular weight excluding hydrogens is 278 g/mol. The highest BCUT2D eigenvalue weighted by atomic mass is 35.5. The van der Waals surface area contributed by atoms with Gasteiger partial charge in [-0.05, 0) is 17.5 Å². The van der Waals surface area contributed by atoms with Gasteiger partial charge in [-0.3, -0.25) is 4.79 Å². The second-order valence-electron chi connectivity index (χ2n) is 5.19. The van der Waals surface area contributed by atoms with E-state index < -0.39 is 6.10 Å². The SMILES string of the molecule is CC(C)[C@@H](NC(=O)[C@@H]1COCCO1)c1ccccc1Cl. The molecule has 0 aliphatic carbocycles. The van der Waals surface area contributed by atoms with Gasteiger partial charge in [-0.25, -0.2) is 0 Å². The highest BCUT2D eigenvalue weighted by Crippen LogP contribution is 2.28. The van der Waals surface area contributed by atoms with Gasteiger partial charge in [-0.1, -0.05) is 43.6 Å². The van der Waals surface area contributed by atoms with Crippen molar-refractivity contribution in [3.63, 3.8) is 0 Å². The minimum Gasteiger partial charge on any atom is -0.376 e. The third kappa shape index (κ3) is 3.72. The number of rotatable bonds is 4. The van der Waals surface area contributed by atoms with E-state index in [1.54, 1.807) is 0 Å². The Morgan fingerprint density at radius 3 is 2.70 bits per heavy atom. The van der Waals surface area contributed by atoms with Gasteiger partial charge in [0, 0.05) is 5.02 Å². The third-order valence-corrected chi connectivity index (χ3v) is 3.66. The number of nitrogens with one attached hydrogen (secondary N) is 1. The standard InChI is InChI=1S/C15H20ClNO3/c1-10(2)14(11-5-3-4-6-12(11)16)17-15(18)13-9-19-7-8-20-13/h3-6,10,13-14H,7-9H2,1-2H3,(H,17,18)/t13-,14+/m0/s1. The molecule has 0 spiro atoms. The molecule has 2 rings (SSSR count). The van der Waals surface area contributed by atoms with Crippen molar-refractivity contribution in [2.75, 3.05) is 19.8 Å². The first-order chi connectivity index (χ1) is 9.59. The Labute approximate surface area is 124 Å². The molecule has 1 fully saturated rings. The summed E-state index contributed by atoms with van der Waals surface area (Å²) >= 11 is 6.23. The first-order valence-corrected chi connectivity index (χ1v) is 7.21. The largest absolute Gasteiger partial charge is 0.376 e. The first-order valence-electron chi connectivity index (χ1n) is 6.83. The molecule has 0 radical (unpaired) electrons. The van der Waals surface area contributed by atoms with Crippen LogP contribution >= 0.6 is 11.6 Å². The van der Waals surface area contributed by atoms with Gasteiger partial charge in [-0.2, -0.15) is 0 Å². The monoisotopic (exact) mass is 297 g/mol. The number of ether oxygens (including phenoxy) is 2. The smallest absolute Gasteiger partial charge is 0.252 e. The van der Waals surface area contributed by atoms with Crippen LogP contribution in [0.25, 0.3) is 0 Å². The maximum absolute atomic E-state index is 12.2. The molecule has 1 heterocycles. The van der Waals surface area contributed by atoms with Crippen molar-refractivity contribution in [3.8, 4) is 0 Å². The van der Waals surface area contributed by atoms with Crippen molar-refractivity contribution in [3.05, 3.63) is 34.9 Å². The Kier molecular flexibility index (Phi) is 5.40. The fraction of sp³-hybridized carbons (Fsp3) is 0.533. The molecule has 0 saturated carbocycles. The van der Waals surface area contributed by atoms with E-state index in [0.717, 1.165) is 5.56 Å². The summed E-state index contributed by atoms with van der Waals surface area (Å²) in [4.78, 5) is 12.2. The zero-order chi connectivity index (χ0) is 14.5. The van der Waals surface area contributed by atoms with Gasteiger partial charge in [0.1, 0.15) is 0 Å². The zero-order valence-electron chi connectivity index (χ0n) is 11.8. The number of hydrogen-bond acceptors (Lipinski definition) is 3.